The minimum absolute atomic E-state index is 0.464. The SMILES string of the molecule is CCCC1CCCCN1c1ccc(CN)nn1. The lowest BCUT2D eigenvalue weighted by atomic mass is 9.98. The van der Waals surface area contributed by atoms with Crippen molar-refractivity contribution >= 4 is 5.82 Å². The number of nitrogens with zero attached hydrogens (tertiary/aromatic N) is 3. The minimum atomic E-state index is 0.464. The number of hydrogen-bond donors (Lipinski definition) is 1. The van der Waals surface area contributed by atoms with E-state index in [0.717, 1.165) is 18.1 Å². The third-order valence-electron chi connectivity index (χ3n) is 3.46. The van der Waals surface area contributed by atoms with Gasteiger partial charge in [0.2, 0.25) is 0 Å². The van der Waals surface area contributed by atoms with E-state index in [2.05, 4.69) is 28.1 Å². The molecule has 4 nitrogen and oxygen atoms in total. The van der Waals surface area contributed by atoms with Crippen molar-refractivity contribution in [3.05, 3.63) is 17.8 Å². The van der Waals surface area contributed by atoms with Crippen LogP contribution in [0.2, 0.25) is 0 Å². The van der Waals surface area contributed by atoms with Crippen LogP contribution in [-0.2, 0) is 6.54 Å². The molecule has 0 saturated carbocycles. The predicted octanol–water partition coefficient (Wildman–Crippen LogP) is 2.09. The first-order chi connectivity index (χ1) is 8.35. The van der Waals surface area contributed by atoms with Crippen molar-refractivity contribution in [2.45, 2.75) is 51.6 Å². The van der Waals surface area contributed by atoms with E-state index < -0.39 is 0 Å². The van der Waals surface area contributed by atoms with Crippen LogP contribution < -0.4 is 10.6 Å². The maximum absolute atomic E-state index is 5.54. The fourth-order valence-corrected chi connectivity index (χ4v) is 2.55. The van der Waals surface area contributed by atoms with E-state index in [1.54, 1.807) is 0 Å². The largest absolute Gasteiger partial charge is 0.352 e. The molecule has 0 radical (unpaired) electrons. The summed E-state index contributed by atoms with van der Waals surface area (Å²) in [5.41, 5.74) is 6.40. The molecule has 1 aliphatic heterocycles. The Kier molecular flexibility index (Phi) is 4.31. The predicted molar refractivity (Wildman–Crippen MR) is 69.8 cm³/mol. The van der Waals surface area contributed by atoms with Crippen LogP contribution >= 0.6 is 0 Å². The summed E-state index contributed by atoms with van der Waals surface area (Å²) in [7, 11) is 0. The van der Waals surface area contributed by atoms with Crippen molar-refractivity contribution in [1.29, 1.82) is 0 Å². The summed E-state index contributed by atoms with van der Waals surface area (Å²) in [6.45, 7) is 3.82. The second-order valence-corrected chi connectivity index (χ2v) is 4.72. The Labute approximate surface area is 103 Å². The van der Waals surface area contributed by atoms with E-state index in [-0.39, 0.29) is 0 Å². The van der Waals surface area contributed by atoms with Gasteiger partial charge in [-0.2, -0.15) is 5.10 Å². The van der Waals surface area contributed by atoms with Gasteiger partial charge in [-0.05, 0) is 37.8 Å². The van der Waals surface area contributed by atoms with Gasteiger partial charge >= 0.3 is 0 Å². The highest BCUT2D eigenvalue weighted by Gasteiger charge is 2.22. The van der Waals surface area contributed by atoms with Crippen molar-refractivity contribution < 1.29 is 0 Å². The highest BCUT2D eigenvalue weighted by atomic mass is 15.3. The van der Waals surface area contributed by atoms with Crippen LogP contribution in [0.1, 0.15) is 44.7 Å². The van der Waals surface area contributed by atoms with Gasteiger partial charge in [0.1, 0.15) is 0 Å². The summed E-state index contributed by atoms with van der Waals surface area (Å²) in [5, 5.41) is 8.45. The number of piperidine rings is 1. The van der Waals surface area contributed by atoms with Gasteiger partial charge in [0.05, 0.1) is 5.69 Å². The first-order valence-corrected chi connectivity index (χ1v) is 6.64. The molecule has 1 atom stereocenters. The molecule has 0 aromatic carbocycles. The molecule has 1 aromatic heterocycles. The molecule has 1 aromatic rings. The Balaban J connectivity index is 2.11. The fraction of sp³-hybridized carbons (Fsp3) is 0.692. The van der Waals surface area contributed by atoms with Gasteiger partial charge in [-0.3, -0.25) is 0 Å². The van der Waals surface area contributed by atoms with E-state index >= 15 is 0 Å². The van der Waals surface area contributed by atoms with E-state index in [4.69, 9.17) is 5.73 Å². The second kappa shape index (κ2) is 5.96. The van der Waals surface area contributed by atoms with Crippen LogP contribution in [0, 0.1) is 0 Å². The third kappa shape index (κ3) is 2.94. The quantitative estimate of drug-likeness (QED) is 0.866. The zero-order valence-electron chi connectivity index (χ0n) is 10.6. The zero-order valence-corrected chi connectivity index (χ0v) is 10.6. The van der Waals surface area contributed by atoms with Gasteiger partial charge in [-0.25, -0.2) is 0 Å². The van der Waals surface area contributed by atoms with Crippen LogP contribution in [0.4, 0.5) is 5.82 Å². The molecule has 1 aliphatic rings. The summed E-state index contributed by atoms with van der Waals surface area (Å²) in [6, 6.07) is 4.69. The smallest absolute Gasteiger partial charge is 0.151 e. The molecule has 17 heavy (non-hydrogen) atoms. The summed E-state index contributed by atoms with van der Waals surface area (Å²) < 4.78 is 0. The summed E-state index contributed by atoms with van der Waals surface area (Å²) >= 11 is 0. The van der Waals surface area contributed by atoms with Gasteiger partial charge in [-0.1, -0.05) is 13.3 Å². The van der Waals surface area contributed by atoms with Crippen molar-refractivity contribution in [3.63, 3.8) is 0 Å². The molecule has 94 valence electrons. The van der Waals surface area contributed by atoms with E-state index in [9.17, 15) is 0 Å². The molecule has 0 spiro atoms. The van der Waals surface area contributed by atoms with E-state index in [0.29, 0.717) is 12.6 Å². The van der Waals surface area contributed by atoms with Gasteiger partial charge in [0.25, 0.3) is 0 Å². The molecule has 1 fully saturated rings. The summed E-state index contributed by atoms with van der Waals surface area (Å²) in [6.07, 6.45) is 6.37. The second-order valence-electron chi connectivity index (χ2n) is 4.72. The molecule has 0 bridgehead atoms. The molecule has 0 aliphatic carbocycles. The van der Waals surface area contributed by atoms with Gasteiger partial charge in [0.15, 0.2) is 5.82 Å². The first kappa shape index (κ1) is 12.3. The normalized spacial score (nSPS) is 20.6. The average molecular weight is 234 g/mol. The summed E-state index contributed by atoms with van der Waals surface area (Å²) in [5.74, 6) is 1.01. The van der Waals surface area contributed by atoms with Crippen LogP contribution in [0.25, 0.3) is 0 Å². The van der Waals surface area contributed by atoms with Crippen LogP contribution in [0.5, 0.6) is 0 Å². The summed E-state index contributed by atoms with van der Waals surface area (Å²) in [4.78, 5) is 2.42. The molecule has 2 heterocycles. The lowest BCUT2D eigenvalue weighted by Gasteiger charge is -2.36. The molecular formula is C13H22N4. The van der Waals surface area contributed by atoms with Crippen molar-refractivity contribution in [1.82, 2.24) is 10.2 Å². The molecular weight excluding hydrogens is 212 g/mol. The number of aromatic nitrogens is 2. The molecule has 2 rings (SSSR count). The molecule has 4 heteroatoms. The highest BCUT2D eigenvalue weighted by molar-refractivity contribution is 5.39. The van der Waals surface area contributed by atoms with Crippen molar-refractivity contribution in [3.8, 4) is 0 Å². The fourth-order valence-electron chi connectivity index (χ4n) is 2.55. The van der Waals surface area contributed by atoms with Crippen molar-refractivity contribution in [2.24, 2.45) is 5.73 Å². The minimum Gasteiger partial charge on any atom is -0.352 e. The van der Waals surface area contributed by atoms with E-state index in [1.165, 1.54) is 32.1 Å². The number of nitrogens with two attached hydrogens (primary N) is 1. The van der Waals surface area contributed by atoms with Gasteiger partial charge in [0, 0.05) is 19.1 Å². The van der Waals surface area contributed by atoms with Crippen LogP contribution in [0.3, 0.4) is 0 Å². The average Bonchev–Trinajstić information content (AvgIpc) is 2.40. The van der Waals surface area contributed by atoms with Crippen molar-refractivity contribution in [2.75, 3.05) is 11.4 Å². The van der Waals surface area contributed by atoms with Gasteiger partial charge < -0.3 is 10.6 Å². The topological polar surface area (TPSA) is 55.0 Å². The molecule has 0 amide bonds. The van der Waals surface area contributed by atoms with Crippen LogP contribution in [0.15, 0.2) is 12.1 Å². The first-order valence-electron chi connectivity index (χ1n) is 6.64. The van der Waals surface area contributed by atoms with Gasteiger partial charge in [-0.15, -0.1) is 5.10 Å². The maximum atomic E-state index is 5.54. The Hall–Kier alpha value is -1.16. The Bertz CT molecular complexity index is 334. The molecule has 1 unspecified atom stereocenters. The molecule has 2 N–H and O–H groups in total. The zero-order chi connectivity index (χ0) is 12.1. The Morgan fingerprint density at radius 2 is 2.24 bits per heavy atom. The Morgan fingerprint density at radius 3 is 2.88 bits per heavy atom. The maximum Gasteiger partial charge on any atom is 0.151 e. The number of hydrogen-bond acceptors (Lipinski definition) is 4. The van der Waals surface area contributed by atoms with Crippen LogP contribution in [-0.4, -0.2) is 22.8 Å². The lowest BCUT2D eigenvalue weighted by Crippen LogP contribution is -2.40. The number of anilines is 1. The Morgan fingerprint density at radius 1 is 1.35 bits per heavy atom. The molecule has 1 saturated heterocycles. The monoisotopic (exact) mass is 234 g/mol. The highest BCUT2D eigenvalue weighted by Crippen LogP contribution is 2.25. The number of rotatable bonds is 4. The third-order valence-corrected chi connectivity index (χ3v) is 3.46. The lowest BCUT2D eigenvalue weighted by molar-refractivity contribution is 0.430. The standard InChI is InChI=1S/C13H22N4/c1-2-5-12-6-3-4-9-17(12)13-8-7-11(10-14)15-16-13/h7-8,12H,2-6,9-10,14H2,1H3. The van der Waals surface area contributed by atoms with E-state index in [1.807, 2.05) is 6.07 Å².